The van der Waals surface area contributed by atoms with E-state index >= 15 is 0 Å². The summed E-state index contributed by atoms with van der Waals surface area (Å²) < 4.78 is 43.7. The van der Waals surface area contributed by atoms with Crippen molar-refractivity contribution in [2.75, 3.05) is 12.4 Å². The molecule has 23 heavy (non-hydrogen) atoms. The Morgan fingerprint density at radius 3 is 2.74 bits per heavy atom. The summed E-state index contributed by atoms with van der Waals surface area (Å²) in [6, 6.07) is 4.31. The van der Waals surface area contributed by atoms with Gasteiger partial charge in [0.2, 0.25) is 0 Å². The number of ether oxygens (including phenoxy) is 1. The normalized spacial score (nSPS) is 20.5. The van der Waals surface area contributed by atoms with Gasteiger partial charge in [0.15, 0.2) is 5.60 Å². The lowest BCUT2D eigenvalue weighted by Crippen LogP contribution is -2.39. The molecule has 1 heterocycles. The molecule has 2 unspecified atom stereocenters. The van der Waals surface area contributed by atoms with Crippen LogP contribution < -0.4 is 0 Å². The number of fused-ring (bicyclic) bond motifs is 1. The highest BCUT2D eigenvalue weighted by Crippen LogP contribution is 2.42. The third-order valence-electron chi connectivity index (χ3n) is 3.93. The van der Waals surface area contributed by atoms with E-state index in [-0.39, 0.29) is 17.5 Å². The molecule has 2 rings (SSSR count). The summed E-state index contributed by atoms with van der Waals surface area (Å²) in [5, 5.41) is 9.76. The van der Waals surface area contributed by atoms with Crippen LogP contribution in [0.2, 0.25) is 0 Å². The number of thioether (sulfide) groups is 1. The fourth-order valence-electron chi connectivity index (χ4n) is 2.49. The van der Waals surface area contributed by atoms with Gasteiger partial charge in [-0.2, -0.15) is 13.2 Å². The smallest absolute Gasteiger partial charge is 0.421 e. The van der Waals surface area contributed by atoms with Crippen molar-refractivity contribution in [2.24, 2.45) is 5.92 Å². The van der Waals surface area contributed by atoms with Gasteiger partial charge in [-0.05, 0) is 43.4 Å². The quantitative estimate of drug-likeness (QED) is 0.844. The molecule has 1 aromatic rings. The average molecular weight is 348 g/mol. The van der Waals surface area contributed by atoms with Crippen LogP contribution >= 0.6 is 11.8 Å². The molecule has 128 valence electrons. The van der Waals surface area contributed by atoms with E-state index in [2.05, 4.69) is 0 Å². The Balaban J connectivity index is 2.14. The minimum Gasteiger partial charge on any atom is -0.466 e. The van der Waals surface area contributed by atoms with E-state index in [1.165, 1.54) is 23.9 Å². The molecule has 0 fully saturated rings. The number of halogens is 3. The van der Waals surface area contributed by atoms with E-state index in [0.717, 1.165) is 17.4 Å². The molecule has 0 amide bonds. The maximum Gasteiger partial charge on any atom is 0.421 e. The Morgan fingerprint density at radius 2 is 2.13 bits per heavy atom. The van der Waals surface area contributed by atoms with Crippen LogP contribution in [-0.2, 0) is 21.6 Å². The molecule has 0 saturated heterocycles. The number of benzene rings is 1. The van der Waals surface area contributed by atoms with Crippen molar-refractivity contribution in [2.45, 2.75) is 43.4 Å². The van der Waals surface area contributed by atoms with Crippen molar-refractivity contribution >= 4 is 17.7 Å². The molecule has 0 aliphatic carbocycles. The minimum absolute atomic E-state index is 0.112. The monoisotopic (exact) mass is 348 g/mol. The van der Waals surface area contributed by atoms with Gasteiger partial charge in [0.25, 0.3) is 0 Å². The average Bonchev–Trinajstić information content (AvgIpc) is 2.45. The molecule has 0 radical (unpaired) electrons. The maximum absolute atomic E-state index is 12.9. The zero-order valence-electron chi connectivity index (χ0n) is 12.9. The van der Waals surface area contributed by atoms with E-state index in [0.29, 0.717) is 25.2 Å². The molecule has 1 aliphatic rings. The van der Waals surface area contributed by atoms with E-state index in [4.69, 9.17) is 4.74 Å². The molecular formula is C16H19F3O3S. The van der Waals surface area contributed by atoms with Gasteiger partial charge in [0.1, 0.15) is 0 Å². The Morgan fingerprint density at radius 1 is 1.43 bits per heavy atom. The van der Waals surface area contributed by atoms with E-state index in [1.807, 2.05) is 0 Å². The zero-order valence-corrected chi connectivity index (χ0v) is 13.8. The summed E-state index contributed by atoms with van der Waals surface area (Å²) in [5.74, 6) is 0.502. The molecule has 0 bridgehead atoms. The summed E-state index contributed by atoms with van der Waals surface area (Å²) in [6.07, 6.45) is -3.80. The van der Waals surface area contributed by atoms with Crippen LogP contribution in [0.3, 0.4) is 0 Å². The Hall–Kier alpha value is -1.21. The van der Waals surface area contributed by atoms with Gasteiger partial charge in [0, 0.05) is 17.1 Å². The largest absolute Gasteiger partial charge is 0.466 e. The number of hydrogen-bond donors (Lipinski definition) is 1. The van der Waals surface area contributed by atoms with Crippen LogP contribution in [0, 0.1) is 5.92 Å². The standard InChI is InChI=1S/C16H19F3O3S/c1-3-22-14(20)7-10-6-11-4-5-12(8-13(11)23-9-10)15(2,21)16(17,18)19/h4-5,8,10,21H,3,6-7,9H2,1-2H3. The molecule has 0 aromatic heterocycles. The van der Waals surface area contributed by atoms with Crippen molar-refractivity contribution in [1.82, 2.24) is 0 Å². The lowest BCUT2D eigenvalue weighted by molar-refractivity contribution is -0.258. The first-order chi connectivity index (χ1) is 10.6. The third kappa shape index (κ3) is 4.01. The Labute approximate surface area is 137 Å². The third-order valence-corrected chi connectivity index (χ3v) is 5.25. The molecule has 0 spiro atoms. The number of carbonyl (C=O) groups is 1. The van der Waals surface area contributed by atoms with E-state index < -0.39 is 11.8 Å². The van der Waals surface area contributed by atoms with Crippen molar-refractivity contribution in [3.05, 3.63) is 29.3 Å². The van der Waals surface area contributed by atoms with Gasteiger partial charge < -0.3 is 9.84 Å². The Kier molecular flexibility index (Phi) is 5.30. The van der Waals surface area contributed by atoms with Crippen molar-refractivity contribution in [1.29, 1.82) is 0 Å². The van der Waals surface area contributed by atoms with Gasteiger partial charge in [0.05, 0.1) is 6.61 Å². The first kappa shape index (κ1) is 18.1. The van der Waals surface area contributed by atoms with Gasteiger partial charge >= 0.3 is 12.1 Å². The molecule has 3 nitrogen and oxygen atoms in total. The molecule has 1 aromatic carbocycles. The fraction of sp³-hybridized carbons (Fsp3) is 0.562. The van der Waals surface area contributed by atoms with E-state index in [1.54, 1.807) is 13.0 Å². The summed E-state index contributed by atoms with van der Waals surface area (Å²) in [5.41, 5.74) is -2.14. The van der Waals surface area contributed by atoms with Crippen molar-refractivity contribution in [3.8, 4) is 0 Å². The predicted octanol–water partition coefficient (Wildman–Crippen LogP) is 3.67. The molecule has 1 aliphatic heterocycles. The van der Waals surface area contributed by atoms with Gasteiger partial charge in [-0.15, -0.1) is 11.8 Å². The summed E-state index contributed by atoms with van der Waals surface area (Å²) >= 11 is 1.41. The fourth-order valence-corrected chi connectivity index (χ4v) is 3.69. The molecule has 1 N–H and O–H groups in total. The highest BCUT2D eigenvalue weighted by molar-refractivity contribution is 7.99. The highest BCUT2D eigenvalue weighted by atomic mass is 32.2. The second-order valence-corrected chi connectivity index (χ2v) is 6.84. The van der Waals surface area contributed by atoms with E-state index in [9.17, 15) is 23.1 Å². The number of carbonyl (C=O) groups excluding carboxylic acids is 1. The topological polar surface area (TPSA) is 46.5 Å². The summed E-state index contributed by atoms with van der Waals surface area (Å²) in [6.45, 7) is 2.84. The SMILES string of the molecule is CCOC(=O)CC1CSc2cc(C(C)(O)C(F)(F)F)ccc2C1. The molecule has 0 saturated carbocycles. The molecule has 2 atom stereocenters. The Bertz CT molecular complexity index is 584. The van der Waals surface area contributed by atoms with Gasteiger partial charge in [-0.1, -0.05) is 12.1 Å². The van der Waals surface area contributed by atoms with Crippen LogP contribution in [0.15, 0.2) is 23.1 Å². The number of rotatable bonds is 4. The highest BCUT2D eigenvalue weighted by Gasteiger charge is 2.51. The minimum atomic E-state index is -4.73. The van der Waals surface area contributed by atoms with Gasteiger partial charge in [-0.3, -0.25) is 4.79 Å². The maximum atomic E-state index is 12.9. The van der Waals surface area contributed by atoms with Gasteiger partial charge in [-0.25, -0.2) is 0 Å². The lowest BCUT2D eigenvalue weighted by atomic mass is 9.91. The van der Waals surface area contributed by atoms with Crippen molar-refractivity contribution in [3.63, 3.8) is 0 Å². The molecule has 7 heteroatoms. The first-order valence-corrected chi connectivity index (χ1v) is 8.34. The summed E-state index contributed by atoms with van der Waals surface area (Å²) in [4.78, 5) is 12.3. The van der Waals surface area contributed by atoms with Crippen molar-refractivity contribution < 1.29 is 27.8 Å². The van der Waals surface area contributed by atoms with Crippen LogP contribution in [-0.4, -0.2) is 29.6 Å². The lowest BCUT2D eigenvalue weighted by Gasteiger charge is -2.29. The van der Waals surface area contributed by atoms with Crippen LogP contribution in [0.4, 0.5) is 13.2 Å². The number of aliphatic hydroxyl groups is 1. The van der Waals surface area contributed by atoms with Crippen LogP contribution in [0.5, 0.6) is 0 Å². The number of hydrogen-bond acceptors (Lipinski definition) is 4. The first-order valence-electron chi connectivity index (χ1n) is 7.36. The summed E-state index contributed by atoms with van der Waals surface area (Å²) in [7, 11) is 0. The second-order valence-electron chi connectivity index (χ2n) is 5.78. The predicted molar refractivity (Wildman–Crippen MR) is 81.2 cm³/mol. The van der Waals surface area contributed by atoms with Crippen LogP contribution in [0.25, 0.3) is 0 Å². The van der Waals surface area contributed by atoms with Crippen LogP contribution in [0.1, 0.15) is 31.4 Å². The molecular weight excluding hydrogens is 329 g/mol. The zero-order chi connectivity index (χ0) is 17.3. The number of alkyl halides is 3. The number of esters is 1. The second kappa shape index (κ2) is 6.73.